The number of nitrogens with zero attached hydrogens (tertiary/aromatic N) is 2. The molecular weight excluding hydrogens is 298 g/mol. The maximum atomic E-state index is 5.44. The lowest BCUT2D eigenvalue weighted by molar-refractivity contribution is 0.359. The van der Waals surface area contributed by atoms with E-state index in [1.54, 1.807) is 0 Å². The van der Waals surface area contributed by atoms with Crippen LogP contribution in [0.3, 0.4) is 0 Å². The van der Waals surface area contributed by atoms with Crippen molar-refractivity contribution >= 4 is 0 Å². The Kier molecular flexibility index (Phi) is 6.41. The van der Waals surface area contributed by atoms with Crippen LogP contribution in [-0.4, -0.2) is 23.2 Å². The average molecular weight is 327 g/mol. The second-order valence-electron chi connectivity index (χ2n) is 6.86. The highest BCUT2D eigenvalue weighted by Gasteiger charge is 2.22. The molecule has 2 aromatic rings. The summed E-state index contributed by atoms with van der Waals surface area (Å²) in [6, 6.07) is 8.64. The first-order chi connectivity index (χ1) is 11.9. The number of hydrogen-bond acceptors (Lipinski definition) is 4. The molecule has 130 valence electrons. The fourth-order valence-electron chi connectivity index (χ4n) is 3.31. The van der Waals surface area contributed by atoms with Crippen molar-refractivity contribution in [3.63, 3.8) is 0 Å². The molecular formula is C20H29N3O. The van der Waals surface area contributed by atoms with Crippen LogP contribution in [-0.2, 0) is 6.42 Å². The topological polar surface area (TPSA) is 51.0 Å². The van der Waals surface area contributed by atoms with Gasteiger partial charge in [-0.2, -0.15) is 4.98 Å². The van der Waals surface area contributed by atoms with Gasteiger partial charge in [0.05, 0.1) is 5.92 Å². The molecule has 0 bridgehead atoms. The van der Waals surface area contributed by atoms with Gasteiger partial charge >= 0.3 is 0 Å². The SMILES string of the molecule is CCCCCCCCc1ccc(-c2noc([C@@H]3CCNC3)n2)cc1. The fraction of sp³-hybridized carbons (Fsp3) is 0.600. The summed E-state index contributed by atoms with van der Waals surface area (Å²) in [5.74, 6) is 1.85. The van der Waals surface area contributed by atoms with E-state index in [0.717, 1.165) is 37.4 Å². The Bertz CT molecular complexity index is 600. The van der Waals surface area contributed by atoms with Crippen LogP contribution in [0, 0.1) is 0 Å². The van der Waals surface area contributed by atoms with Gasteiger partial charge in [0.15, 0.2) is 0 Å². The summed E-state index contributed by atoms with van der Waals surface area (Å²) in [5.41, 5.74) is 2.45. The summed E-state index contributed by atoms with van der Waals surface area (Å²) in [6.45, 7) is 4.24. The van der Waals surface area contributed by atoms with E-state index in [4.69, 9.17) is 4.52 Å². The van der Waals surface area contributed by atoms with Gasteiger partial charge < -0.3 is 9.84 Å². The van der Waals surface area contributed by atoms with Gasteiger partial charge in [0.1, 0.15) is 0 Å². The van der Waals surface area contributed by atoms with Crippen LogP contribution in [0.1, 0.15) is 69.2 Å². The molecule has 2 heterocycles. The maximum absolute atomic E-state index is 5.44. The number of aromatic nitrogens is 2. The first-order valence-corrected chi connectivity index (χ1v) is 9.50. The Morgan fingerprint density at radius 2 is 1.88 bits per heavy atom. The van der Waals surface area contributed by atoms with E-state index in [0.29, 0.717) is 11.7 Å². The smallest absolute Gasteiger partial charge is 0.231 e. The van der Waals surface area contributed by atoms with Crippen LogP contribution >= 0.6 is 0 Å². The molecule has 1 saturated heterocycles. The van der Waals surface area contributed by atoms with Crippen molar-refractivity contribution in [3.8, 4) is 11.4 Å². The van der Waals surface area contributed by atoms with Gasteiger partial charge in [-0.15, -0.1) is 0 Å². The highest BCUT2D eigenvalue weighted by atomic mass is 16.5. The minimum atomic E-state index is 0.373. The Morgan fingerprint density at radius 1 is 1.08 bits per heavy atom. The predicted octanol–water partition coefficient (Wildman–Crippen LogP) is 4.72. The zero-order valence-electron chi connectivity index (χ0n) is 14.8. The van der Waals surface area contributed by atoms with Crippen molar-refractivity contribution < 1.29 is 4.52 Å². The molecule has 1 atom stereocenters. The summed E-state index contributed by atoms with van der Waals surface area (Å²) >= 11 is 0. The van der Waals surface area contributed by atoms with Crippen LogP contribution in [0.15, 0.2) is 28.8 Å². The third-order valence-corrected chi connectivity index (χ3v) is 4.88. The third kappa shape index (κ3) is 4.67. The molecule has 0 spiro atoms. The van der Waals surface area contributed by atoms with Gasteiger partial charge in [-0.1, -0.05) is 68.4 Å². The van der Waals surface area contributed by atoms with E-state index in [9.17, 15) is 0 Å². The molecule has 0 radical (unpaired) electrons. The van der Waals surface area contributed by atoms with E-state index in [1.165, 1.54) is 44.1 Å². The van der Waals surface area contributed by atoms with Crippen molar-refractivity contribution in [1.82, 2.24) is 15.5 Å². The first kappa shape index (κ1) is 17.2. The number of hydrogen-bond donors (Lipinski definition) is 1. The molecule has 0 amide bonds. The lowest BCUT2D eigenvalue weighted by Gasteiger charge is -2.03. The van der Waals surface area contributed by atoms with Crippen LogP contribution < -0.4 is 5.32 Å². The van der Waals surface area contributed by atoms with Gasteiger partial charge in [-0.3, -0.25) is 0 Å². The van der Waals surface area contributed by atoms with Gasteiger partial charge in [-0.25, -0.2) is 0 Å². The zero-order valence-corrected chi connectivity index (χ0v) is 14.8. The summed E-state index contributed by atoms with van der Waals surface area (Å²) < 4.78 is 5.44. The summed E-state index contributed by atoms with van der Waals surface area (Å²) in [7, 11) is 0. The van der Waals surface area contributed by atoms with E-state index in [2.05, 4.69) is 46.6 Å². The molecule has 0 aliphatic carbocycles. The van der Waals surface area contributed by atoms with E-state index in [1.807, 2.05) is 0 Å². The van der Waals surface area contributed by atoms with Crippen molar-refractivity contribution in [1.29, 1.82) is 0 Å². The number of benzene rings is 1. The van der Waals surface area contributed by atoms with Gasteiger partial charge in [-0.05, 0) is 31.4 Å². The molecule has 1 aliphatic heterocycles. The standard InChI is InChI=1S/C20H29N3O/c1-2-3-4-5-6-7-8-16-9-11-17(12-10-16)19-22-20(24-23-19)18-13-14-21-15-18/h9-12,18,21H,2-8,13-15H2,1H3/t18-/m1/s1. The van der Waals surface area contributed by atoms with Crippen LogP contribution in [0.25, 0.3) is 11.4 Å². The quantitative estimate of drug-likeness (QED) is 0.677. The summed E-state index contributed by atoms with van der Waals surface area (Å²) in [5, 5.41) is 7.49. The summed E-state index contributed by atoms with van der Waals surface area (Å²) in [6.07, 6.45) is 10.3. The molecule has 4 nitrogen and oxygen atoms in total. The number of rotatable bonds is 9. The first-order valence-electron chi connectivity index (χ1n) is 9.50. The van der Waals surface area contributed by atoms with Crippen molar-refractivity contribution in [3.05, 3.63) is 35.7 Å². The highest BCUT2D eigenvalue weighted by molar-refractivity contribution is 5.54. The summed E-state index contributed by atoms with van der Waals surface area (Å²) in [4.78, 5) is 4.58. The van der Waals surface area contributed by atoms with Crippen LogP contribution in [0.5, 0.6) is 0 Å². The van der Waals surface area contributed by atoms with Gasteiger partial charge in [0, 0.05) is 12.1 Å². The lowest BCUT2D eigenvalue weighted by Crippen LogP contribution is -2.08. The highest BCUT2D eigenvalue weighted by Crippen LogP contribution is 2.24. The third-order valence-electron chi connectivity index (χ3n) is 4.88. The Labute approximate surface area is 145 Å². The molecule has 1 aromatic carbocycles. The van der Waals surface area contributed by atoms with Crippen LogP contribution in [0.2, 0.25) is 0 Å². The van der Waals surface area contributed by atoms with E-state index >= 15 is 0 Å². The van der Waals surface area contributed by atoms with Crippen molar-refractivity contribution in [2.75, 3.05) is 13.1 Å². The molecule has 4 heteroatoms. The molecule has 1 aliphatic rings. The lowest BCUT2D eigenvalue weighted by atomic mass is 10.0. The number of nitrogens with one attached hydrogen (secondary N) is 1. The van der Waals surface area contributed by atoms with Crippen LogP contribution in [0.4, 0.5) is 0 Å². The van der Waals surface area contributed by atoms with E-state index < -0.39 is 0 Å². The zero-order chi connectivity index (χ0) is 16.6. The molecule has 1 aromatic heterocycles. The molecule has 3 rings (SSSR count). The average Bonchev–Trinajstić information content (AvgIpc) is 3.29. The normalized spacial score (nSPS) is 17.5. The predicted molar refractivity (Wildman–Crippen MR) is 97.0 cm³/mol. The van der Waals surface area contributed by atoms with E-state index in [-0.39, 0.29) is 0 Å². The molecule has 0 saturated carbocycles. The molecule has 1 N–H and O–H groups in total. The monoisotopic (exact) mass is 327 g/mol. The Morgan fingerprint density at radius 3 is 2.62 bits per heavy atom. The molecule has 0 unspecified atom stereocenters. The second kappa shape index (κ2) is 8.97. The van der Waals surface area contributed by atoms with Gasteiger partial charge in [0.25, 0.3) is 0 Å². The minimum absolute atomic E-state index is 0.373. The number of unbranched alkanes of at least 4 members (excludes halogenated alkanes) is 5. The maximum Gasteiger partial charge on any atom is 0.231 e. The van der Waals surface area contributed by atoms with Gasteiger partial charge in [0.2, 0.25) is 11.7 Å². The van der Waals surface area contributed by atoms with Crippen molar-refractivity contribution in [2.45, 2.75) is 64.2 Å². The molecule has 1 fully saturated rings. The van der Waals surface area contributed by atoms with Crippen molar-refractivity contribution in [2.24, 2.45) is 0 Å². The number of aryl methyl sites for hydroxylation is 1. The molecule has 24 heavy (non-hydrogen) atoms. The minimum Gasteiger partial charge on any atom is -0.339 e. The Hall–Kier alpha value is -1.68. The Balaban J connectivity index is 1.49. The largest absolute Gasteiger partial charge is 0.339 e. The second-order valence-corrected chi connectivity index (χ2v) is 6.86. The fourth-order valence-corrected chi connectivity index (χ4v) is 3.31.